The Morgan fingerprint density at radius 2 is 1.12 bits per heavy atom. The highest BCUT2D eigenvalue weighted by Crippen LogP contribution is 2.16. The van der Waals surface area contributed by atoms with E-state index in [0.29, 0.717) is 0 Å². The van der Waals surface area contributed by atoms with E-state index in [4.69, 9.17) is 12.2 Å². The third-order valence-corrected chi connectivity index (χ3v) is 4.22. The van der Waals surface area contributed by atoms with Gasteiger partial charge < -0.3 is 0 Å². The van der Waals surface area contributed by atoms with Crippen LogP contribution in [0.4, 0.5) is 0 Å². The van der Waals surface area contributed by atoms with Crippen LogP contribution in [0.2, 0.25) is 0 Å². The quantitative estimate of drug-likeness (QED) is 0.542. The molecule has 0 aromatic carbocycles. The van der Waals surface area contributed by atoms with E-state index in [9.17, 15) is 5.11 Å². The Hall–Kier alpha value is 0.0500. The van der Waals surface area contributed by atoms with Crippen molar-refractivity contribution in [3.05, 3.63) is 0 Å². The van der Waals surface area contributed by atoms with Gasteiger partial charge in [0, 0.05) is 4.86 Å². The van der Waals surface area contributed by atoms with Crippen LogP contribution in [0.5, 0.6) is 0 Å². The molecule has 1 fully saturated rings. The third-order valence-electron chi connectivity index (χ3n) is 3.75. The molecule has 1 rings (SSSR count). The van der Waals surface area contributed by atoms with Crippen molar-refractivity contribution >= 4 is 17.1 Å². The van der Waals surface area contributed by atoms with E-state index in [1.165, 1.54) is 57.8 Å². The predicted molar refractivity (Wildman–Crippen MR) is 77.1 cm³/mol. The lowest BCUT2D eigenvalue weighted by Gasteiger charge is -2.09. The van der Waals surface area contributed by atoms with Gasteiger partial charge in [-0.05, 0) is 19.3 Å². The fraction of sp³-hybridized carbons (Fsp3) is 0.933. The molecule has 1 atom stereocenters. The van der Waals surface area contributed by atoms with Gasteiger partial charge in [-0.1, -0.05) is 76.4 Å². The van der Waals surface area contributed by atoms with Crippen LogP contribution in [0.25, 0.3) is 0 Å². The van der Waals surface area contributed by atoms with E-state index in [1.807, 2.05) is 0 Å². The van der Waals surface area contributed by atoms with E-state index >= 15 is 0 Å². The van der Waals surface area contributed by atoms with Crippen LogP contribution < -0.4 is 0 Å². The predicted octanol–water partition coefficient (Wildman–Crippen LogP) is 5.24. The maximum Gasteiger partial charge on any atom is 0.124 e. The largest absolute Gasteiger partial charge is 0.227 e. The topological polar surface area (TPSA) is 19.9 Å². The molecule has 0 aromatic rings. The molecule has 0 aromatic heterocycles. The van der Waals surface area contributed by atoms with Crippen LogP contribution in [-0.4, -0.2) is 11.0 Å². The summed E-state index contributed by atoms with van der Waals surface area (Å²) in [6, 6.07) is 0. The Balaban J connectivity index is 2.24. The van der Waals surface area contributed by atoms with E-state index < -0.39 is 6.10 Å². The molecule has 0 amide bonds. The van der Waals surface area contributed by atoms with Crippen LogP contribution in [0.1, 0.15) is 83.5 Å². The van der Waals surface area contributed by atoms with Crippen molar-refractivity contribution in [2.45, 2.75) is 89.6 Å². The number of hydrogen-bond acceptors (Lipinski definition) is 1. The van der Waals surface area contributed by atoms with E-state index in [0.717, 1.165) is 30.5 Å². The molecule has 0 saturated heterocycles. The second kappa shape index (κ2) is 10.0. The zero-order valence-electron chi connectivity index (χ0n) is 11.1. The number of hydrogen-bond donors (Lipinski definition) is 0. The van der Waals surface area contributed by atoms with Gasteiger partial charge in [0.1, 0.15) is 6.10 Å². The van der Waals surface area contributed by atoms with Crippen LogP contribution in [0.15, 0.2) is 0 Å². The van der Waals surface area contributed by atoms with Crippen molar-refractivity contribution in [1.82, 2.24) is 0 Å². The summed E-state index contributed by atoms with van der Waals surface area (Å²) in [5, 5.41) is 11.8. The van der Waals surface area contributed by atoms with Crippen LogP contribution in [0.3, 0.4) is 0 Å². The Bertz CT molecular complexity index is 203. The van der Waals surface area contributed by atoms with Crippen molar-refractivity contribution in [2.24, 2.45) is 0 Å². The van der Waals surface area contributed by atoms with Gasteiger partial charge in [-0.25, -0.2) is 5.11 Å². The maximum absolute atomic E-state index is 11.8. The average molecular weight is 255 g/mol. The van der Waals surface area contributed by atoms with Crippen LogP contribution >= 0.6 is 12.2 Å². The van der Waals surface area contributed by atoms with Gasteiger partial charge in [0.15, 0.2) is 0 Å². The fourth-order valence-corrected chi connectivity index (χ4v) is 2.80. The zero-order valence-corrected chi connectivity index (χ0v) is 11.9. The molecule has 1 saturated carbocycles. The van der Waals surface area contributed by atoms with Gasteiger partial charge in [0.25, 0.3) is 0 Å². The normalized spacial score (nSPS) is 27.1. The highest BCUT2D eigenvalue weighted by atomic mass is 32.1. The van der Waals surface area contributed by atoms with E-state index in [-0.39, 0.29) is 0 Å². The van der Waals surface area contributed by atoms with Crippen LogP contribution in [-0.2, 0) is 5.11 Å². The standard InChI is InChI=1S/C15H27OS/c16-14-12-10-8-6-4-2-1-3-5-7-9-11-13-15(14)17/h14H,1-13H2. The second-order valence-corrected chi connectivity index (χ2v) is 5.91. The molecule has 1 aliphatic rings. The highest BCUT2D eigenvalue weighted by Gasteiger charge is 2.12. The van der Waals surface area contributed by atoms with E-state index in [1.54, 1.807) is 0 Å². The van der Waals surface area contributed by atoms with Gasteiger partial charge in [-0.3, -0.25) is 0 Å². The lowest BCUT2D eigenvalue weighted by Crippen LogP contribution is -2.16. The smallest absolute Gasteiger partial charge is 0.124 e. The van der Waals surface area contributed by atoms with Gasteiger partial charge >= 0.3 is 0 Å². The average Bonchev–Trinajstić information content (AvgIpc) is 2.34. The maximum atomic E-state index is 11.8. The SMILES string of the molecule is [O]C1CCCCCCCCCCCCCC1=S. The van der Waals surface area contributed by atoms with Gasteiger partial charge in [-0.2, -0.15) is 0 Å². The minimum absolute atomic E-state index is 0.560. The Kier molecular flexibility index (Phi) is 8.90. The molecule has 0 N–H and O–H groups in total. The molecule has 1 nitrogen and oxygen atoms in total. The molecular formula is C15H27OS. The summed E-state index contributed by atoms with van der Waals surface area (Å²) in [4.78, 5) is 0.792. The molecule has 0 bridgehead atoms. The number of rotatable bonds is 0. The minimum Gasteiger partial charge on any atom is -0.227 e. The highest BCUT2D eigenvalue weighted by molar-refractivity contribution is 7.80. The fourth-order valence-electron chi connectivity index (χ4n) is 2.54. The van der Waals surface area contributed by atoms with Gasteiger partial charge in [0.2, 0.25) is 0 Å². The first-order chi connectivity index (χ1) is 8.30. The van der Waals surface area contributed by atoms with Gasteiger partial charge in [-0.15, -0.1) is 0 Å². The molecule has 17 heavy (non-hydrogen) atoms. The lowest BCUT2D eigenvalue weighted by molar-refractivity contribution is 0.135. The van der Waals surface area contributed by atoms with Crippen molar-refractivity contribution in [3.63, 3.8) is 0 Å². The summed E-state index contributed by atoms with van der Waals surface area (Å²) in [5.41, 5.74) is 0. The zero-order chi connectivity index (χ0) is 12.3. The Labute approximate surface area is 112 Å². The van der Waals surface area contributed by atoms with Crippen LogP contribution in [0, 0.1) is 0 Å². The second-order valence-electron chi connectivity index (χ2n) is 5.38. The summed E-state index contributed by atoms with van der Waals surface area (Å²) in [6.45, 7) is 0. The number of thiocarbonyl (C=S) groups is 1. The molecule has 1 unspecified atom stereocenters. The molecule has 0 heterocycles. The Morgan fingerprint density at radius 1 is 0.706 bits per heavy atom. The summed E-state index contributed by atoms with van der Waals surface area (Å²) in [7, 11) is 0. The molecule has 99 valence electrons. The summed E-state index contributed by atoms with van der Waals surface area (Å²) in [6.07, 6.45) is 15.3. The van der Waals surface area contributed by atoms with E-state index in [2.05, 4.69) is 0 Å². The molecule has 2 heteroatoms. The van der Waals surface area contributed by atoms with Crippen molar-refractivity contribution in [3.8, 4) is 0 Å². The Morgan fingerprint density at radius 3 is 1.65 bits per heavy atom. The first kappa shape index (κ1) is 15.1. The summed E-state index contributed by atoms with van der Waals surface area (Å²) < 4.78 is 0. The van der Waals surface area contributed by atoms with Crippen molar-refractivity contribution in [2.75, 3.05) is 0 Å². The first-order valence-electron chi connectivity index (χ1n) is 7.49. The first-order valence-corrected chi connectivity index (χ1v) is 7.90. The van der Waals surface area contributed by atoms with Crippen molar-refractivity contribution in [1.29, 1.82) is 0 Å². The molecule has 0 spiro atoms. The van der Waals surface area contributed by atoms with Gasteiger partial charge in [0.05, 0.1) is 0 Å². The lowest BCUT2D eigenvalue weighted by atomic mass is 10.0. The minimum atomic E-state index is -0.560. The summed E-state index contributed by atoms with van der Waals surface area (Å²) in [5.74, 6) is 0. The third kappa shape index (κ3) is 7.88. The molecule has 0 aliphatic heterocycles. The van der Waals surface area contributed by atoms with Crippen molar-refractivity contribution < 1.29 is 5.11 Å². The molecule has 1 radical (unpaired) electrons. The monoisotopic (exact) mass is 255 g/mol. The molecular weight excluding hydrogens is 228 g/mol. The summed E-state index contributed by atoms with van der Waals surface area (Å²) >= 11 is 5.23. The molecule has 1 aliphatic carbocycles.